The van der Waals surface area contributed by atoms with E-state index in [0.717, 1.165) is 6.54 Å². The number of amides is 1. The molecule has 1 aromatic heterocycles. The fourth-order valence-electron chi connectivity index (χ4n) is 4.22. The summed E-state index contributed by atoms with van der Waals surface area (Å²) < 4.78 is 1.74. The van der Waals surface area contributed by atoms with Crippen LogP contribution in [0.4, 0.5) is 0 Å². The highest BCUT2D eigenvalue weighted by Crippen LogP contribution is 2.35. The number of fused-ring (bicyclic) bond motifs is 1. The Bertz CT molecular complexity index is 929. The summed E-state index contributed by atoms with van der Waals surface area (Å²) in [6.07, 6.45) is 4.62. The van der Waals surface area contributed by atoms with Crippen molar-refractivity contribution in [2.45, 2.75) is 44.4 Å². The number of likely N-dealkylation sites (N-methyl/N-ethyl adjacent to an activating group) is 1. The van der Waals surface area contributed by atoms with Crippen LogP contribution in [0.15, 0.2) is 67.3 Å². The lowest BCUT2D eigenvalue weighted by molar-refractivity contribution is -0.133. The molecule has 0 spiro atoms. The summed E-state index contributed by atoms with van der Waals surface area (Å²) in [5.41, 5.74) is 3.11. The van der Waals surface area contributed by atoms with E-state index in [9.17, 15) is 4.79 Å². The zero-order valence-corrected chi connectivity index (χ0v) is 17.0. The van der Waals surface area contributed by atoms with Crippen LogP contribution in [0.5, 0.6) is 0 Å². The summed E-state index contributed by atoms with van der Waals surface area (Å²) in [5, 5.41) is 7.38. The minimum Gasteiger partial charge on any atom is -0.350 e. The summed E-state index contributed by atoms with van der Waals surface area (Å²) in [5.74, 6) is 0.0692. The normalized spacial score (nSPS) is 15.8. The van der Waals surface area contributed by atoms with Crippen LogP contribution in [-0.2, 0) is 30.7 Å². The van der Waals surface area contributed by atoms with Gasteiger partial charge in [-0.1, -0.05) is 54.6 Å². The average molecular weight is 390 g/mol. The minimum atomic E-state index is -0.601. The first-order chi connectivity index (χ1) is 14.1. The second-order valence-electron chi connectivity index (χ2n) is 7.99. The number of nitrogens with zero attached hydrogens (tertiary/aromatic N) is 4. The third kappa shape index (κ3) is 4.07. The maximum Gasteiger partial charge on any atom is 0.241 e. The number of nitrogens with one attached hydrogen (secondary N) is 1. The van der Waals surface area contributed by atoms with Gasteiger partial charge in [0.2, 0.25) is 5.91 Å². The van der Waals surface area contributed by atoms with E-state index in [1.165, 1.54) is 23.0 Å². The lowest BCUT2D eigenvalue weighted by Gasteiger charge is -2.38. The van der Waals surface area contributed by atoms with Gasteiger partial charge in [0.05, 0.1) is 6.54 Å². The molecule has 29 heavy (non-hydrogen) atoms. The number of aromatic nitrogens is 3. The first-order valence-corrected chi connectivity index (χ1v) is 10.0. The van der Waals surface area contributed by atoms with E-state index < -0.39 is 5.54 Å². The van der Waals surface area contributed by atoms with Gasteiger partial charge in [0.15, 0.2) is 0 Å². The second-order valence-corrected chi connectivity index (χ2v) is 7.99. The molecule has 6 heteroatoms. The van der Waals surface area contributed by atoms with Crippen molar-refractivity contribution in [2.24, 2.45) is 0 Å². The van der Waals surface area contributed by atoms with Gasteiger partial charge in [-0.2, -0.15) is 5.10 Å². The van der Waals surface area contributed by atoms with Crippen molar-refractivity contribution >= 4 is 5.91 Å². The number of hydrogen-bond donors (Lipinski definition) is 1. The highest BCUT2D eigenvalue weighted by Gasteiger charge is 2.47. The van der Waals surface area contributed by atoms with Crippen LogP contribution in [0.2, 0.25) is 0 Å². The van der Waals surface area contributed by atoms with Gasteiger partial charge in [-0.25, -0.2) is 4.98 Å². The predicted octanol–water partition coefficient (Wildman–Crippen LogP) is 2.45. The van der Waals surface area contributed by atoms with Crippen LogP contribution in [0, 0.1) is 0 Å². The summed E-state index contributed by atoms with van der Waals surface area (Å²) in [4.78, 5) is 19.8. The number of carbonyl (C=O) groups is 1. The Labute approximate surface area is 171 Å². The fourth-order valence-corrected chi connectivity index (χ4v) is 4.22. The lowest BCUT2D eigenvalue weighted by atomic mass is 9.91. The van der Waals surface area contributed by atoms with Crippen molar-refractivity contribution in [1.29, 1.82) is 0 Å². The maximum absolute atomic E-state index is 13.6. The molecule has 0 saturated carbocycles. The number of hydrogen-bond acceptors (Lipinski definition) is 4. The molecule has 0 saturated heterocycles. The van der Waals surface area contributed by atoms with Gasteiger partial charge in [0.25, 0.3) is 0 Å². The molecule has 4 rings (SSSR count). The molecule has 6 nitrogen and oxygen atoms in total. The topological polar surface area (TPSA) is 63.1 Å². The molecule has 0 fully saturated rings. The van der Waals surface area contributed by atoms with Crippen LogP contribution in [-0.4, -0.2) is 44.2 Å². The van der Waals surface area contributed by atoms with Crippen LogP contribution in [0.25, 0.3) is 0 Å². The summed E-state index contributed by atoms with van der Waals surface area (Å²) in [6, 6.07) is 18.7. The van der Waals surface area contributed by atoms with E-state index in [1.807, 2.05) is 25.1 Å². The molecular formula is C23H27N5O. The molecule has 1 amide bonds. The molecule has 0 aliphatic heterocycles. The van der Waals surface area contributed by atoms with E-state index in [0.29, 0.717) is 19.4 Å². The van der Waals surface area contributed by atoms with Crippen molar-refractivity contribution in [3.8, 4) is 0 Å². The van der Waals surface area contributed by atoms with Gasteiger partial charge in [-0.05, 0) is 30.7 Å². The van der Waals surface area contributed by atoms with Crippen LogP contribution < -0.4 is 5.32 Å². The molecule has 1 aliphatic carbocycles. The van der Waals surface area contributed by atoms with Crippen LogP contribution in [0.1, 0.15) is 23.6 Å². The number of rotatable bonds is 7. The molecule has 0 bridgehead atoms. The Morgan fingerprint density at radius 2 is 1.79 bits per heavy atom. The van der Waals surface area contributed by atoms with Gasteiger partial charge >= 0.3 is 0 Å². The maximum atomic E-state index is 13.6. The predicted molar refractivity (Wildman–Crippen MR) is 112 cm³/mol. The summed E-state index contributed by atoms with van der Waals surface area (Å²) >= 11 is 0. The van der Waals surface area contributed by atoms with Gasteiger partial charge in [-0.15, -0.1) is 0 Å². The molecule has 0 radical (unpaired) electrons. The first kappa shape index (κ1) is 19.3. The zero-order chi connectivity index (χ0) is 20.3. The fraction of sp³-hybridized carbons (Fsp3) is 0.348. The number of carbonyl (C=O) groups excluding carboxylic acids is 1. The largest absolute Gasteiger partial charge is 0.350 e. The summed E-state index contributed by atoms with van der Waals surface area (Å²) in [7, 11) is 2.06. The standard InChI is InChI=1S/C23H27N5O/c1-18(14-28-17-24-16-25-28)26-22(29)23(12-20-10-6-7-11-21(20)13-23)27(2)15-19-8-4-3-5-9-19/h3-11,16-18H,12-15H2,1-2H3,(H,26,29). The molecule has 1 unspecified atom stereocenters. The van der Waals surface area contributed by atoms with E-state index in [-0.39, 0.29) is 11.9 Å². The van der Waals surface area contributed by atoms with Crippen molar-refractivity contribution in [2.75, 3.05) is 7.05 Å². The molecule has 2 aromatic carbocycles. The Hall–Kier alpha value is -2.99. The third-order valence-corrected chi connectivity index (χ3v) is 5.81. The van der Waals surface area contributed by atoms with Crippen LogP contribution >= 0.6 is 0 Å². The first-order valence-electron chi connectivity index (χ1n) is 10.0. The van der Waals surface area contributed by atoms with E-state index >= 15 is 0 Å². The Kier molecular flexibility index (Phi) is 5.45. The number of benzene rings is 2. The van der Waals surface area contributed by atoms with Crippen molar-refractivity contribution in [3.05, 3.63) is 83.9 Å². The highest BCUT2D eigenvalue weighted by molar-refractivity contribution is 5.88. The minimum absolute atomic E-state index is 0.0464. The highest BCUT2D eigenvalue weighted by atomic mass is 16.2. The van der Waals surface area contributed by atoms with Crippen molar-refractivity contribution in [3.63, 3.8) is 0 Å². The van der Waals surface area contributed by atoms with Crippen molar-refractivity contribution < 1.29 is 4.79 Å². The Morgan fingerprint density at radius 3 is 2.41 bits per heavy atom. The molecule has 150 valence electrons. The average Bonchev–Trinajstić information content (AvgIpc) is 3.36. The monoisotopic (exact) mass is 389 g/mol. The summed E-state index contributed by atoms with van der Waals surface area (Å²) in [6.45, 7) is 3.32. The molecule has 1 N–H and O–H groups in total. The van der Waals surface area contributed by atoms with Crippen molar-refractivity contribution in [1.82, 2.24) is 25.0 Å². The van der Waals surface area contributed by atoms with Gasteiger partial charge < -0.3 is 5.32 Å². The third-order valence-electron chi connectivity index (χ3n) is 5.81. The molecular weight excluding hydrogens is 362 g/mol. The quantitative estimate of drug-likeness (QED) is 0.674. The lowest BCUT2D eigenvalue weighted by Crippen LogP contribution is -2.59. The molecule has 1 heterocycles. The van der Waals surface area contributed by atoms with E-state index in [4.69, 9.17) is 0 Å². The zero-order valence-electron chi connectivity index (χ0n) is 17.0. The Morgan fingerprint density at radius 1 is 1.14 bits per heavy atom. The smallest absolute Gasteiger partial charge is 0.241 e. The van der Waals surface area contributed by atoms with Gasteiger partial charge in [-0.3, -0.25) is 14.4 Å². The second kappa shape index (κ2) is 8.17. The van der Waals surface area contributed by atoms with Gasteiger partial charge in [0, 0.05) is 25.4 Å². The SMILES string of the molecule is CC(Cn1cncn1)NC(=O)C1(N(C)Cc2ccccc2)Cc2ccccc2C1. The van der Waals surface area contributed by atoms with E-state index in [2.05, 4.69) is 63.7 Å². The van der Waals surface area contributed by atoms with E-state index in [1.54, 1.807) is 11.0 Å². The van der Waals surface area contributed by atoms with Crippen LogP contribution in [0.3, 0.4) is 0 Å². The Balaban J connectivity index is 1.56. The molecule has 3 aromatic rings. The molecule has 1 atom stereocenters. The van der Waals surface area contributed by atoms with Gasteiger partial charge in [0.1, 0.15) is 18.2 Å². The molecule has 1 aliphatic rings.